The van der Waals surface area contributed by atoms with E-state index in [-0.39, 0.29) is 5.02 Å². The van der Waals surface area contributed by atoms with Gasteiger partial charge in [0, 0.05) is 13.1 Å². The second-order valence-electron chi connectivity index (χ2n) is 3.36. The van der Waals surface area contributed by atoms with Crippen LogP contribution in [0.1, 0.15) is 18.9 Å². The van der Waals surface area contributed by atoms with Gasteiger partial charge < -0.3 is 10.6 Å². The van der Waals surface area contributed by atoms with E-state index in [4.69, 9.17) is 23.8 Å². The zero-order valence-electron chi connectivity index (χ0n) is 9.02. The number of halogens is 2. The molecule has 0 aliphatic rings. The van der Waals surface area contributed by atoms with Crippen molar-refractivity contribution in [2.24, 2.45) is 0 Å². The van der Waals surface area contributed by atoms with Crippen LogP contribution < -0.4 is 10.6 Å². The summed E-state index contributed by atoms with van der Waals surface area (Å²) in [6, 6.07) is 4.62. The molecule has 0 bridgehead atoms. The minimum absolute atomic E-state index is 0.131. The van der Waals surface area contributed by atoms with Crippen molar-refractivity contribution in [2.45, 2.75) is 19.9 Å². The summed E-state index contributed by atoms with van der Waals surface area (Å²) in [6.45, 7) is 3.45. The molecular weight excluding hydrogens is 247 g/mol. The summed E-state index contributed by atoms with van der Waals surface area (Å²) in [5.41, 5.74) is 0.895. The Morgan fingerprint density at radius 1 is 1.44 bits per heavy atom. The van der Waals surface area contributed by atoms with E-state index in [9.17, 15) is 4.39 Å². The van der Waals surface area contributed by atoms with Crippen molar-refractivity contribution >= 4 is 28.9 Å². The molecule has 16 heavy (non-hydrogen) atoms. The number of benzene rings is 1. The van der Waals surface area contributed by atoms with E-state index in [1.165, 1.54) is 6.07 Å². The molecule has 0 aliphatic carbocycles. The fourth-order valence-electron chi connectivity index (χ4n) is 1.13. The summed E-state index contributed by atoms with van der Waals surface area (Å²) in [4.78, 5) is 0. The molecule has 0 amide bonds. The maximum atomic E-state index is 12.9. The standard InChI is InChI=1S/C11H14ClFN2S/c1-2-5-14-11(16)15-7-8-3-4-10(13)9(12)6-8/h3-4,6H,2,5,7H2,1H3,(H2,14,15,16). The van der Waals surface area contributed by atoms with Crippen LogP contribution in [-0.4, -0.2) is 11.7 Å². The van der Waals surface area contributed by atoms with Crippen LogP contribution in [0.5, 0.6) is 0 Å². The molecule has 5 heteroatoms. The van der Waals surface area contributed by atoms with Crippen molar-refractivity contribution in [3.05, 3.63) is 34.6 Å². The van der Waals surface area contributed by atoms with E-state index in [1.807, 2.05) is 0 Å². The average Bonchev–Trinajstić information content (AvgIpc) is 2.28. The lowest BCUT2D eigenvalue weighted by atomic mass is 10.2. The lowest BCUT2D eigenvalue weighted by Gasteiger charge is -2.09. The van der Waals surface area contributed by atoms with E-state index < -0.39 is 5.82 Å². The molecule has 0 saturated carbocycles. The maximum Gasteiger partial charge on any atom is 0.166 e. The van der Waals surface area contributed by atoms with Crippen molar-refractivity contribution in [3.63, 3.8) is 0 Å². The second-order valence-corrected chi connectivity index (χ2v) is 4.17. The van der Waals surface area contributed by atoms with Crippen LogP contribution >= 0.6 is 23.8 Å². The van der Waals surface area contributed by atoms with Gasteiger partial charge in [0.15, 0.2) is 5.11 Å². The Morgan fingerprint density at radius 3 is 2.81 bits per heavy atom. The van der Waals surface area contributed by atoms with Gasteiger partial charge in [0.1, 0.15) is 5.82 Å². The highest BCUT2D eigenvalue weighted by Gasteiger charge is 2.01. The van der Waals surface area contributed by atoms with Crippen molar-refractivity contribution in [1.82, 2.24) is 10.6 Å². The van der Waals surface area contributed by atoms with Gasteiger partial charge in [-0.1, -0.05) is 24.6 Å². The van der Waals surface area contributed by atoms with Gasteiger partial charge in [0.25, 0.3) is 0 Å². The molecule has 0 aromatic heterocycles. The summed E-state index contributed by atoms with van der Waals surface area (Å²) in [5.74, 6) is -0.405. The summed E-state index contributed by atoms with van der Waals surface area (Å²) >= 11 is 10.7. The Labute approximate surface area is 105 Å². The quantitative estimate of drug-likeness (QED) is 0.814. The normalized spacial score (nSPS) is 9.94. The maximum absolute atomic E-state index is 12.9. The minimum Gasteiger partial charge on any atom is -0.363 e. The summed E-state index contributed by atoms with van der Waals surface area (Å²) in [5, 5.41) is 6.79. The van der Waals surface area contributed by atoms with E-state index in [0.717, 1.165) is 18.5 Å². The summed E-state index contributed by atoms with van der Waals surface area (Å²) < 4.78 is 12.9. The molecule has 88 valence electrons. The molecule has 0 unspecified atom stereocenters. The summed E-state index contributed by atoms with van der Waals surface area (Å²) in [7, 11) is 0. The Hall–Kier alpha value is -0.870. The molecule has 1 rings (SSSR count). The number of rotatable bonds is 4. The Kier molecular flexibility index (Phi) is 5.49. The topological polar surface area (TPSA) is 24.1 Å². The highest BCUT2D eigenvalue weighted by Crippen LogP contribution is 2.15. The van der Waals surface area contributed by atoms with Crippen molar-refractivity contribution in [2.75, 3.05) is 6.54 Å². The van der Waals surface area contributed by atoms with E-state index in [2.05, 4.69) is 17.6 Å². The second kappa shape index (κ2) is 6.66. The largest absolute Gasteiger partial charge is 0.363 e. The lowest BCUT2D eigenvalue weighted by Crippen LogP contribution is -2.35. The minimum atomic E-state index is -0.405. The first kappa shape index (κ1) is 13.2. The van der Waals surface area contributed by atoms with Crippen molar-refractivity contribution < 1.29 is 4.39 Å². The number of hydrogen-bond acceptors (Lipinski definition) is 1. The molecule has 0 radical (unpaired) electrons. The van der Waals surface area contributed by atoms with Gasteiger partial charge in [-0.05, 0) is 36.3 Å². The summed E-state index contributed by atoms with van der Waals surface area (Å²) in [6.07, 6.45) is 1.02. The smallest absolute Gasteiger partial charge is 0.166 e. The van der Waals surface area contributed by atoms with Crippen molar-refractivity contribution in [3.8, 4) is 0 Å². The van der Waals surface area contributed by atoms with Crippen LogP contribution in [0.3, 0.4) is 0 Å². The molecule has 2 nitrogen and oxygen atoms in total. The molecule has 1 aromatic rings. The highest BCUT2D eigenvalue weighted by atomic mass is 35.5. The Morgan fingerprint density at radius 2 is 2.19 bits per heavy atom. The Balaban J connectivity index is 2.42. The molecule has 0 atom stereocenters. The predicted octanol–water partition coefficient (Wildman–Crippen LogP) is 2.85. The zero-order chi connectivity index (χ0) is 12.0. The van der Waals surface area contributed by atoms with Gasteiger partial charge in [0.05, 0.1) is 5.02 Å². The van der Waals surface area contributed by atoms with E-state index in [0.29, 0.717) is 11.7 Å². The molecule has 0 heterocycles. The van der Waals surface area contributed by atoms with Gasteiger partial charge in [-0.25, -0.2) is 4.39 Å². The molecular formula is C11H14ClFN2S. The molecule has 1 aromatic carbocycles. The average molecular weight is 261 g/mol. The molecule has 2 N–H and O–H groups in total. The fourth-order valence-corrected chi connectivity index (χ4v) is 1.51. The number of thiocarbonyl (C=S) groups is 1. The Bertz CT molecular complexity index is 371. The fraction of sp³-hybridized carbons (Fsp3) is 0.364. The SMILES string of the molecule is CCCNC(=S)NCc1ccc(F)c(Cl)c1. The van der Waals surface area contributed by atoms with E-state index in [1.54, 1.807) is 12.1 Å². The van der Waals surface area contributed by atoms with Crippen LogP contribution in [0.4, 0.5) is 4.39 Å². The molecule has 0 saturated heterocycles. The third kappa shape index (κ3) is 4.33. The number of hydrogen-bond donors (Lipinski definition) is 2. The van der Waals surface area contributed by atoms with Gasteiger partial charge in [-0.3, -0.25) is 0 Å². The monoisotopic (exact) mass is 260 g/mol. The van der Waals surface area contributed by atoms with Crippen LogP contribution in [0.25, 0.3) is 0 Å². The van der Waals surface area contributed by atoms with Crippen LogP contribution in [0.15, 0.2) is 18.2 Å². The third-order valence-corrected chi connectivity index (χ3v) is 2.55. The van der Waals surface area contributed by atoms with Crippen molar-refractivity contribution in [1.29, 1.82) is 0 Å². The predicted molar refractivity (Wildman–Crippen MR) is 69.1 cm³/mol. The van der Waals surface area contributed by atoms with Crippen LogP contribution in [0, 0.1) is 5.82 Å². The van der Waals surface area contributed by atoms with Gasteiger partial charge in [-0.15, -0.1) is 0 Å². The molecule has 0 aliphatic heterocycles. The highest BCUT2D eigenvalue weighted by molar-refractivity contribution is 7.80. The van der Waals surface area contributed by atoms with Gasteiger partial charge in [-0.2, -0.15) is 0 Å². The molecule has 0 spiro atoms. The van der Waals surface area contributed by atoms with Gasteiger partial charge >= 0.3 is 0 Å². The first-order chi connectivity index (χ1) is 7.63. The third-order valence-electron chi connectivity index (χ3n) is 1.97. The zero-order valence-corrected chi connectivity index (χ0v) is 10.6. The van der Waals surface area contributed by atoms with Crippen LogP contribution in [-0.2, 0) is 6.54 Å². The van der Waals surface area contributed by atoms with Crippen LogP contribution in [0.2, 0.25) is 5.02 Å². The first-order valence-corrected chi connectivity index (χ1v) is 5.87. The molecule has 0 fully saturated rings. The van der Waals surface area contributed by atoms with E-state index >= 15 is 0 Å². The number of nitrogens with one attached hydrogen (secondary N) is 2. The lowest BCUT2D eigenvalue weighted by molar-refractivity contribution is 0.627. The van der Waals surface area contributed by atoms with Gasteiger partial charge in [0.2, 0.25) is 0 Å². The first-order valence-electron chi connectivity index (χ1n) is 5.09.